The summed E-state index contributed by atoms with van der Waals surface area (Å²) in [5.41, 5.74) is 5.47. The zero-order valence-corrected chi connectivity index (χ0v) is 9.18. The molecule has 0 unspecified atom stereocenters. The lowest BCUT2D eigenvalue weighted by Crippen LogP contribution is -2.36. The van der Waals surface area contributed by atoms with Crippen molar-refractivity contribution in [2.24, 2.45) is 0 Å². The SMILES string of the molecule is CN(CC(=O)NC1CC1)c1ccnc(N)n1. The second-order valence-electron chi connectivity index (χ2n) is 3.97. The van der Waals surface area contributed by atoms with Gasteiger partial charge in [0.15, 0.2) is 0 Å². The van der Waals surface area contributed by atoms with Crippen molar-refractivity contribution in [1.82, 2.24) is 15.3 Å². The van der Waals surface area contributed by atoms with Crippen LogP contribution in [0.1, 0.15) is 12.8 Å². The van der Waals surface area contributed by atoms with E-state index in [1.165, 1.54) is 0 Å². The molecule has 0 bridgehead atoms. The fourth-order valence-electron chi connectivity index (χ4n) is 1.37. The van der Waals surface area contributed by atoms with E-state index in [1.807, 2.05) is 0 Å². The minimum Gasteiger partial charge on any atom is -0.368 e. The zero-order valence-electron chi connectivity index (χ0n) is 9.18. The number of carbonyl (C=O) groups excluding carboxylic acids is 1. The molecule has 1 aromatic heterocycles. The van der Waals surface area contributed by atoms with Crippen LogP contribution in [0.15, 0.2) is 12.3 Å². The third-order valence-electron chi connectivity index (χ3n) is 2.37. The van der Waals surface area contributed by atoms with Gasteiger partial charge >= 0.3 is 0 Å². The average Bonchev–Trinajstić information content (AvgIpc) is 3.01. The van der Waals surface area contributed by atoms with Gasteiger partial charge in [-0.05, 0) is 18.9 Å². The second-order valence-corrected chi connectivity index (χ2v) is 3.97. The first kappa shape index (κ1) is 10.7. The molecule has 86 valence electrons. The lowest BCUT2D eigenvalue weighted by molar-refractivity contribution is -0.119. The molecule has 3 N–H and O–H groups in total. The molecule has 16 heavy (non-hydrogen) atoms. The Bertz CT molecular complexity index is 391. The molecule has 6 nitrogen and oxygen atoms in total. The molecule has 0 atom stereocenters. The molecule has 1 aliphatic carbocycles. The summed E-state index contributed by atoms with van der Waals surface area (Å²) >= 11 is 0. The number of carbonyl (C=O) groups is 1. The maximum atomic E-state index is 11.5. The molecule has 1 aliphatic rings. The molecule has 0 spiro atoms. The van der Waals surface area contributed by atoms with Gasteiger partial charge in [-0.2, -0.15) is 4.98 Å². The van der Waals surface area contributed by atoms with Crippen LogP contribution in [0.3, 0.4) is 0 Å². The van der Waals surface area contributed by atoms with Crippen molar-refractivity contribution in [3.63, 3.8) is 0 Å². The number of likely N-dealkylation sites (N-methyl/N-ethyl adjacent to an activating group) is 1. The van der Waals surface area contributed by atoms with Crippen LogP contribution in [0, 0.1) is 0 Å². The highest BCUT2D eigenvalue weighted by molar-refractivity contribution is 5.81. The van der Waals surface area contributed by atoms with Crippen LogP contribution >= 0.6 is 0 Å². The van der Waals surface area contributed by atoms with E-state index >= 15 is 0 Å². The second kappa shape index (κ2) is 4.34. The summed E-state index contributed by atoms with van der Waals surface area (Å²) < 4.78 is 0. The summed E-state index contributed by atoms with van der Waals surface area (Å²) in [5.74, 6) is 0.882. The van der Waals surface area contributed by atoms with Gasteiger partial charge in [0.2, 0.25) is 11.9 Å². The number of amides is 1. The van der Waals surface area contributed by atoms with Gasteiger partial charge in [0.25, 0.3) is 0 Å². The van der Waals surface area contributed by atoms with Crippen molar-refractivity contribution < 1.29 is 4.79 Å². The molecule has 1 fully saturated rings. The fourth-order valence-corrected chi connectivity index (χ4v) is 1.37. The average molecular weight is 221 g/mol. The van der Waals surface area contributed by atoms with Gasteiger partial charge in [0.1, 0.15) is 5.82 Å². The Morgan fingerprint density at radius 3 is 3.06 bits per heavy atom. The largest absolute Gasteiger partial charge is 0.368 e. The maximum absolute atomic E-state index is 11.5. The van der Waals surface area contributed by atoms with Gasteiger partial charge in [-0.25, -0.2) is 4.98 Å². The number of rotatable bonds is 4. The monoisotopic (exact) mass is 221 g/mol. The number of hydrogen-bond donors (Lipinski definition) is 2. The van der Waals surface area contributed by atoms with Crippen LogP contribution in [-0.4, -0.2) is 35.5 Å². The molecule has 0 radical (unpaired) electrons. The van der Waals surface area contributed by atoms with Gasteiger partial charge in [0, 0.05) is 19.3 Å². The van der Waals surface area contributed by atoms with E-state index in [2.05, 4.69) is 15.3 Å². The van der Waals surface area contributed by atoms with E-state index in [-0.39, 0.29) is 18.4 Å². The van der Waals surface area contributed by atoms with Gasteiger partial charge in [-0.15, -0.1) is 0 Å². The van der Waals surface area contributed by atoms with E-state index in [9.17, 15) is 4.79 Å². The summed E-state index contributed by atoms with van der Waals surface area (Å²) in [6, 6.07) is 2.11. The molecule has 0 aliphatic heterocycles. The quantitative estimate of drug-likeness (QED) is 0.734. The molecule has 1 heterocycles. The number of nitrogens with two attached hydrogens (primary N) is 1. The Hall–Kier alpha value is -1.85. The smallest absolute Gasteiger partial charge is 0.239 e. The highest BCUT2D eigenvalue weighted by Gasteiger charge is 2.23. The van der Waals surface area contributed by atoms with Crippen molar-refractivity contribution in [1.29, 1.82) is 0 Å². The number of aromatic nitrogens is 2. The lowest BCUT2D eigenvalue weighted by Gasteiger charge is -2.17. The van der Waals surface area contributed by atoms with Crippen molar-refractivity contribution >= 4 is 17.7 Å². The molecular weight excluding hydrogens is 206 g/mol. The van der Waals surface area contributed by atoms with Gasteiger partial charge in [-0.1, -0.05) is 0 Å². The molecule has 0 saturated heterocycles. The summed E-state index contributed by atoms with van der Waals surface area (Å²) in [4.78, 5) is 21.1. The number of anilines is 2. The Balaban J connectivity index is 1.91. The Kier molecular flexibility index (Phi) is 2.89. The van der Waals surface area contributed by atoms with Crippen LogP contribution < -0.4 is 16.0 Å². The highest BCUT2D eigenvalue weighted by Crippen LogP contribution is 2.18. The normalized spacial score (nSPS) is 14.6. The summed E-state index contributed by atoms with van der Waals surface area (Å²) in [6.45, 7) is 0.285. The van der Waals surface area contributed by atoms with Gasteiger partial charge in [-0.3, -0.25) is 4.79 Å². The molecule has 2 rings (SSSR count). The number of hydrogen-bond acceptors (Lipinski definition) is 5. The van der Waals surface area contributed by atoms with Crippen LogP contribution in [0.25, 0.3) is 0 Å². The molecule has 1 saturated carbocycles. The number of nitrogens with zero attached hydrogens (tertiary/aromatic N) is 3. The minimum atomic E-state index is 0.0159. The molecule has 1 amide bonds. The van der Waals surface area contributed by atoms with Crippen molar-refractivity contribution in [2.75, 3.05) is 24.2 Å². The van der Waals surface area contributed by atoms with Crippen LogP contribution in [0.5, 0.6) is 0 Å². The highest BCUT2D eigenvalue weighted by atomic mass is 16.2. The zero-order chi connectivity index (χ0) is 11.5. The van der Waals surface area contributed by atoms with Crippen LogP contribution in [0.4, 0.5) is 11.8 Å². The van der Waals surface area contributed by atoms with Crippen molar-refractivity contribution in [3.05, 3.63) is 12.3 Å². The summed E-state index contributed by atoms with van der Waals surface area (Å²) in [5, 5.41) is 2.91. The molecule has 1 aromatic rings. The van der Waals surface area contributed by atoms with E-state index in [0.29, 0.717) is 11.9 Å². The van der Waals surface area contributed by atoms with Crippen molar-refractivity contribution in [3.8, 4) is 0 Å². The summed E-state index contributed by atoms with van der Waals surface area (Å²) in [6.07, 6.45) is 3.76. The third kappa shape index (κ3) is 2.82. The van der Waals surface area contributed by atoms with E-state index in [1.54, 1.807) is 24.2 Å². The Labute approximate surface area is 93.9 Å². The van der Waals surface area contributed by atoms with Gasteiger partial charge in [0.05, 0.1) is 6.54 Å². The first-order valence-corrected chi connectivity index (χ1v) is 5.24. The Morgan fingerprint density at radius 2 is 2.44 bits per heavy atom. The van der Waals surface area contributed by atoms with E-state index in [0.717, 1.165) is 12.8 Å². The minimum absolute atomic E-state index is 0.0159. The standard InChI is InChI=1S/C10H15N5O/c1-15(6-9(16)13-7-2-3-7)8-4-5-12-10(11)14-8/h4-5,7H,2-3,6H2,1H3,(H,13,16)(H2,11,12,14). The fraction of sp³-hybridized carbons (Fsp3) is 0.500. The van der Waals surface area contributed by atoms with Gasteiger partial charge < -0.3 is 16.0 Å². The first-order valence-electron chi connectivity index (χ1n) is 5.24. The third-order valence-corrected chi connectivity index (χ3v) is 2.37. The van der Waals surface area contributed by atoms with Crippen LogP contribution in [-0.2, 0) is 4.79 Å². The lowest BCUT2D eigenvalue weighted by atomic mass is 10.4. The predicted molar refractivity (Wildman–Crippen MR) is 60.9 cm³/mol. The predicted octanol–water partition coefficient (Wildman–Crippen LogP) is -0.226. The first-order chi connectivity index (χ1) is 7.65. The molecular formula is C10H15N5O. The summed E-state index contributed by atoms with van der Waals surface area (Å²) in [7, 11) is 1.80. The molecule has 6 heteroatoms. The molecule has 0 aromatic carbocycles. The van der Waals surface area contributed by atoms with Crippen LogP contribution in [0.2, 0.25) is 0 Å². The van der Waals surface area contributed by atoms with Crippen molar-refractivity contribution in [2.45, 2.75) is 18.9 Å². The number of nitrogens with one attached hydrogen (secondary N) is 1. The van der Waals surface area contributed by atoms with E-state index in [4.69, 9.17) is 5.73 Å². The van der Waals surface area contributed by atoms with E-state index < -0.39 is 0 Å². The number of nitrogen functional groups attached to an aromatic ring is 1. The topological polar surface area (TPSA) is 84.1 Å². The Morgan fingerprint density at radius 1 is 1.69 bits per heavy atom. The maximum Gasteiger partial charge on any atom is 0.239 e.